The van der Waals surface area contributed by atoms with Crippen LogP contribution < -0.4 is 0 Å². The fourth-order valence-corrected chi connectivity index (χ4v) is 2.38. The standard InChI is InChI=1S/C17H13NO2/c1-12(19)18-11-10-13-8-5-9-15(16(13)18)17(20)14-6-3-2-4-7-14/h2-11H,1H3. The van der Waals surface area contributed by atoms with Gasteiger partial charge in [0.2, 0.25) is 5.91 Å². The van der Waals surface area contributed by atoms with E-state index in [1.807, 2.05) is 36.4 Å². The third-order valence-electron chi connectivity index (χ3n) is 3.33. The van der Waals surface area contributed by atoms with Crippen LogP contribution >= 0.6 is 0 Å². The summed E-state index contributed by atoms with van der Waals surface area (Å²) < 4.78 is 1.52. The Hall–Kier alpha value is -2.68. The van der Waals surface area contributed by atoms with Crippen LogP contribution in [0.1, 0.15) is 27.6 Å². The highest BCUT2D eigenvalue weighted by atomic mass is 16.1. The Labute approximate surface area is 116 Å². The smallest absolute Gasteiger partial charge is 0.227 e. The molecule has 0 spiro atoms. The zero-order valence-electron chi connectivity index (χ0n) is 11.0. The van der Waals surface area contributed by atoms with Crippen LogP contribution in [0, 0.1) is 0 Å². The van der Waals surface area contributed by atoms with Crippen molar-refractivity contribution < 1.29 is 9.59 Å². The predicted octanol–water partition coefficient (Wildman–Crippen LogP) is 3.53. The third kappa shape index (κ3) is 1.93. The molecule has 0 fully saturated rings. The van der Waals surface area contributed by atoms with Crippen LogP contribution in [0.15, 0.2) is 60.8 Å². The Balaban J connectivity index is 2.24. The summed E-state index contributed by atoms with van der Waals surface area (Å²) in [6.07, 6.45) is 1.70. The van der Waals surface area contributed by atoms with Crippen LogP contribution in [-0.2, 0) is 0 Å². The molecule has 0 N–H and O–H groups in total. The monoisotopic (exact) mass is 263 g/mol. The Kier molecular flexibility index (Phi) is 2.95. The van der Waals surface area contributed by atoms with E-state index in [0.29, 0.717) is 16.6 Å². The molecule has 0 aliphatic rings. The molecule has 3 nitrogen and oxygen atoms in total. The molecular formula is C17H13NO2. The molecule has 20 heavy (non-hydrogen) atoms. The van der Waals surface area contributed by atoms with Gasteiger partial charge in [0.05, 0.1) is 5.52 Å². The van der Waals surface area contributed by atoms with Crippen molar-refractivity contribution in [2.45, 2.75) is 6.92 Å². The highest BCUT2D eigenvalue weighted by Crippen LogP contribution is 2.23. The lowest BCUT2D eigenvalue weighted by Gasteiger charge is -2.06. The molecule has 3 aromatic rings. The third-order valence-corrected chi connectivity index (χ3v) is 3.33. The topological polar surface area (TPSA) is 39.1 Å². The molecule has 0 bridgehead atoms. The molecule has 3 heteroatoms. The van der Waals surface area contributed by atoms with E-state index in [1.165, 1.54) is 11.5 Å². The Morgan fingerprint density at radius 2 is 1.65 bits per heavy atom. The van der Waals surface area contributed by atoms with Crippen molar-refractivity contribution in [2.75, 3.05) is 0 Å². The molecule has 2 aromatic carbocycles. The van der Waals surface area contributed by atoms with Crippen molar-refractivity contribution >= 4 is 22.6 Å². The number of nitrogens with zero attached hydrogens (tertiary/aromatic N) is 1. The van der Waals surface area contributed by atoms with E-state index in [0.717, 1.165) is 5.39 Å². The van der Waals surface area contributed by atoms with Crippen LogP contribution in [0.4, 0.5) is 0 Å². The van der Waals surface area contributed by atoms with Crippen molar-refractivity contribution in [3.63, 3.8) is 0 Å². The van der Waals surface area contributed by atoms with Crippen LogP contribution in [0.5, 0.6) is 0 Å². The van der Waals surface area contributed by atoms with Gasteiger partial charge in [-0.3, -0.25) is 14.2 Å². The molecule has 3 rings (SSSR count). The van der Waals surface area contributed by atoms with E-state index in [4.69, 9.17) is 0 Å². The van der Waals surface area contributed by atoms with Gasteiger partial charge in [-0.15, -0.1) is 0 Å². The van der Waals surface area contributed by atoms with Gasteiger partial charge in [0.1, 0.15) is 0 Å². The molecule has 1 heterocycles. The van der Waals surface area contributed by atoms with Crippen LogP contribution in [0.25, 0.3) is 10.9 Å². The average Bonchev–Trinajstić information content (AvgIpc) is 2.91. The summed E-state index contributed by atoms with van der Waals surface area (Å²) in [6, 6.07) is 16.4. The minimum absolute atomic E-state index is 0.0719. The average molecular weight is 263 g/mol. The highest BCUT2D eigenvalue weighted by Gasteiger charge is 2.16. The number of rotatable bonds is 2. The second-order valence-corrected chi connectivity index (χ2v) is 4.64. The minimum atomic E-state index is -0.103. The van der Waals surface area contributed by atoms with Crippen molar-refractivity contribution in [3.8, 4) is 0 Å². The number of benzene rings is 2. The zero-order chi connectivity index (χ0) is 14.1. The van der Waals surface area contributed by atoms with E-state index in [9.17, 15) is 9.59 Å². The van der Waals surface area contributed by atoms with E-state index in [-0.39, 0.29) is 11.7 Å². The first kappa shape index (κ1) is 12.4. The van der Waals surface area contributed by atoms with Crippen molar-refractivity contribution in [1.82, 2.24) is 4.57 Å². The van der Waals surface area contributed by atoms with Crippen molar-refractivity contribution in [3.05, 3.63) is 71.9 Å². The lowest BCUT2D eigenvalue weighted by molar-refractivity contribution is 0.0941. The van der Waals surface area contributed by atoms with Gasteiger partial charge in [-0.2, -0.15) is 0 Å². The number of hydrogen-bond donors (Lipinski definition) is 0. The normalized spacial score (nSPS) is 10.7. The van der Waals surface area contributed by atoms with Gasteiger partial charge in [-0.1, -0.05) is 42.5 Å². The van der Waals surface area contributed by atoms with Gasteiger partial charge in [0.15, 0.2) is 5.78 Å². The number of ketones is 1. The number of aromatic nitrogens is 1. The number of carbonyl (C=O) groups excluding carboxylic acids is 2. The molecule has 0 aliphatic heterocycles. The van der Waals surface area contributed by atoms with Gasteiger partial charge in [-0.25, -0.2) is 0 Å². The van der Waals surface area contributed by atoms with Gasteiger partial charge in [-0.05, 0) is 12.1 Å². The molecule has 0 saturated heterocycles. The maximum Gasteiger partial charge on any atom is 0.227 e. The van der Waals surface area contributed by atoms with Crippen LogP contribution in [0.2, 0.25) is 0 Å². The van der Waals surface area contributed by atoms with E-state index < -0.39 is 0 Å². The van der Waals surface area contributed by atoms with Crippen LogP contribution in [0.3, 0.4) is 0 Å². The summed E-state index contributed by atoms with van der Waals surface area (Å²) in [6.45, 7) is 1.49. The van der Waals surface area contributed by atoms with Crippen LogP contribution in [-0.4, -0.2) is 16.3 Å². The molecule has 0 amide bonds. The summed E-state index contributed by atoms with van der Waals surface area (Å²) in [5, 5.41) is 0.891. The molecule has 98 valence electrons. The number of para-hydroxylation sites is 1. The van der Waals surface area contributed by atoms with Gasteiger partial charge < -0.3 is 0 Å². The quantitative estimate of drug-likeness (QED) is 0.663. The minimum Gasteiger partial charge on any atom is -0.289 e. The fraction of sp³-hybridized carbons (Fsp3) is 0.0588. The zero-order valence-corrected chi connectivity index (χ0v) is 11.0. The Bertz CT molecular complexity index is 800. The van der Waals surface area contributed by atoms with Gasteiger partial charge in [0.25, 0.3) is 0 Å². The molecule has 0 aliphatic carbocycles. The first-order chi connectivity index (χ1) is 9.68. The van der Waals surface area contributed by atoms with E-state index in [2.05, 4.69) is 0 Å². The predicted molar refractivity (Wildman–Crippen MR) is 78.1 cm³/mol. The largest absolute Gasteiger partial charge is 0.289 e. The first-order valence-corrected chi connectivity index (χ1v) is 6.39. The highest BCUT2D eigenvalue weighted by molar-refractivity contribution is 6.16. The lowest BCUT2D eigenvalue weighted by Crippen LogP contribution is -2.09. The molecule has 0 saturated carbocycles. The van der Waals surface area contributed by atoms with E-state index in [1.54, 1.807) is 24.4 Å². The molecular weight excluding hydrogens is 250 g/mol. The number of carbonyl (C=O) groups is 2. The number of hydrogen-bond acceptors (Lipinski definition) is 2. The summed E-state index contributed by atoms with van der Waals surface area (Å²) >= 11 is 0. The van der Waals surface area contributed by atoms with Gasteiger partial charge in [0, 0.05) is 29.6 Å². The maximum atomic E-state index is 12.6. The molecule has 0 radical (unpaired) electrons. The second kappa shape index (κ2) is 4.78. The molecule has 1 aromatic heterocycles. The first-order valence-electron chi connectivity index (χ1n) is 6.39. The molecule has 0 atom stereocenters. The number of fused-ring (bicyclic) bond motifs is 1. The maximum absolute atomic E-state index is 12.6. The Morgan fingerprint density at radius 1 is 0.900 bits per heavy atom. The SMILES string of the molecule is CC(=O)n1ccc2cccc(C(=O)c3ccccc3)c21. The van der Waals surface area contributed by atoms with Crippen molar-refractivity contribution in [1.29, 1.82) is 0 Å². The van der Waals surface area contributed by atoms with Crippen molar-refractivity contribution in [2.24, 2.45) is 0 Å². The van der Waals surface area contributed by atoms with Gasteiger partial charge >= 0.3 is 0 Å². The summed E-state index contributed by atoms with van der Waals surface area (Å²) in [7, 11) is 0. The van der Waals surface area contributed by atoms with E-state index >= 15 is 0 Å². The second-order valence-electron chi connectivity index (χ2n) is 4.64. The summed E-state index contributed by atoms with van der Waals surface area (Å²) in [4.78, 5) is 24.3. The lowest BCUT2D eigenvalue weighted by atomic mass is 10.0. The molecule has 0 unspecified atom stereocenters. The summed E-state index contributed by atoms with van der Waals surface area (Å²) in [5.74, 6) is -0.175. The Morgan fingerprint density at radius 3 is 2.35 bits per heavy atom. The summed E-state index contributed by atoms with van der Waals surface area (Å²) in [5.41, 5.74) is 1.85. The fourth-order valence-electron chi connectivity index (χ4n) is 2.38.